The number of likely N-dealkylation sites (N-methyl/N-ethyl adjacent to an activating group) is 1. The van der Waals surface area contributed by atoms with E-state index >= 15 is 0 Å². The predicted octanol–water partition coefficient (Wildman–Crippen LogP) is -3.85. The van der Waals surface area contributed by atoms with E-state index in [0.29, 0.717) is 18.6 Å². The quantitative estimate of drug-likeness (QED) is 0.196. The highest BCUT2D eigenvalue weighted by Gasteiger charge is 2.50. The fourth-order valence-electron chi connectivity index (χ4n) is 4.44. The van der Waals surface area contributed by atoms with E-state index in [2.05, 4.69) is 5.32 Å². The molecule has 1 saturated carbocycles. The van der Waals surface area contributed by atoms with Crippen molar-refractivity contribution in [1.29, 1.82) is 0 Å². The molecule has 2 aliphatic heterocycles. The highest BCUT2D eigenvalue weighted by molar-refractivity contribution is 5.04. The lowest BCUT2D eigenvalue weighted by Crippen LogP contribution is -2.68. The van der Waals surface area contributed by atoms with Crippen molar-refractivity contribution in [3.05, 3.63) is 11.8 Å². The SMILES string of the molecule is CN[C@@H]1[C@@H](O)[C@@H](O[C@@H]2[C@H](O)[C@H](O[C@H]3OC(CN)=CC[C@H]3N)[C@@H](N)C[C@H]2N)OC[C@]1(C)O. The van der Waals surface area contributed by atoms with Crippen molar-refractivity contribution in [3.63, 3.8) is 0 Å². The maximum Gasteiger partial charge on any atom is 0.215 e. The van der Waals surface area contributed by atoms with Gasteiger partial charge < -0.3 is 62.5 Å². The zero-order chi connectivity index (χ0) is 22.9. The molecule has 0 aromatic carbocycles. The Morgan fingerprint density at radius 1 is 1.10 bits per heavy atom. The molecule has 12 nitrogen and oxygen atoms in total. The summed E-state index contributed by atoms with van der Waals surface area (Å²) in [5, 5.41) is 34.9. The largest absolute Gasteiger partial charge is 0.467 e. The number of aliphatic hydroxyl groups is 3. The van der Waals surface area contributed by atoms with Gasteiger partial charge in [-0.25, -0.2) is 0 Å². The second kappa shape index (κ2) is 9.93. The Kier molecular flexibility index (Phi) is 7.92. The molecule has 180 valence electrons. The molecule has 0 bridgehead atoms. The summed E-state index contributed by atoms with van der Waals surface area (Å²) in [6.45, 7) is 1.68. The van der Waals surface area contributed by atoms with Gasteiger partial charge in [0.1, 0.15) is 35.8 Å². The molecule has 0 aromatic heterocycles. The van der Waals surface area contributed by atoms with E-state index in [0.717, 1.165) is 0 Å². The van der Waals surface area contributed by atoms with Crippen molar-refractivity contribution in [1.82, 2.24) is 5.32 Å². The highest BCUT2D eigenvalue weighted by Crippen LogP contribution is 2.31. The maximum atomic E-state index is 11.0. The van der Waals surface area contributed by atoms with Crippen LogP contribution in [0.1, 0.15) is 19.8 Å². The number of hydrogen-bond acceptors (Lipinski definition) is 12. The third-order valence-electron chi connectivity index (χ3n) is 6.22. The molecule has 0 amide bonds. The van der Waals surface area contributed by atoms with Gasteiger partial charge in [0.15, 0.2) is 6.29 Å². The Morgan fingerprint density at radius 2 is 1.71 bits per heavy atom. The topological polar surface area (TPSA) is 214 Å². The van der Waals surface area contributed by atoms with Crippen LogP contribution in [-0.4, -0.2) is 102 Å². The van der Waals surface area contributed by atoms with E-state index in [1.165, 1.54) is 0 Å². The van der Waals surface area contributed by atoms with Gasteiger partial charge >= 0.3 is 0 Å². The van der Waals surface area contributed by atoms with Crippen LogP contribution >= 0.6 is 0 Å². The second-order valence-electron chi connectivity index (χ2n) is 8.81. The number of nitrogens with two attached hydrogens (primary N) is 4. The predicted molar refractivity (Wildman–Crippen MR) is 110 cm³/mol. The first-order chi connectivity index (χ1) is 14.6. The molecule has 0 radical (unpaired) electrons. The summed E-state index contributed by atoms with van der Waals surface area (Å²) in [5.74, 6) is 0.555. The third-order valence-corrected chi connectivity index (χ3v) is 6.22. The maximum absolute atomic E-state index is 11.0. The molecule has 12 heteroatoms. The first-order valence-electron chi connectivity index (χ1n) is 10.6. The van der Waals surface area contributed by atoms with Crippen molar-refractivity contribution in [3.8, 4) is 0 Å². The average molecular weight is 448 g/mol. The summed E-state index contributed by atoms with van der Waals surface area (Å²) < 4.78 is 23.1. The average Bonchev–Trinajstić information content (AvgIpc) is 2.71. The summed E-state index contributed by atoms with van der Waals surface area (Å²) in [7, 11) is 1.62. The number of hydrogen-bond donors (Lipinski definition) is 8. The molecule has 1 aliphatic carbocycles. The summed E-state index contributed by atoms with van der Waals surface area (Å²) in [6.07, 6.45) is -3.56. The first-order valence-corrected chi connectivity index (χ1v) is 10.6. The summed E-state index contributed by atoms with van der Waals surface area (Å²) in [5.41, 5.74) is 22.9. The minimum Gasteiger partial charge on any atom is -0.467 e. The van der Waals surface area contributed by atoms with Crippen molar-refractivity contribution < 1.29 is 34.3 Å². The Morgan fingerprint density at radius 3 is 2.29 bits per heavy atom. The van der Waals surface area contributed by atoms with Crippen molar-refractivity contribution >= 4 is 0 Å². The molecule has 11 atom stereocenters. The van der Waals surface area contributed by atoms with Gasteiger partial charge in [-0.3, -0.25) is 0 Å². The lowest BCUT2D eigenvalue weighted by atomic mass is 9.84. The molecular formula is C19H37N5O7. The van der Waals surface area contributed by atoms with Gasteiger partial charge in [0, 0.05) is 12.1 Å². The number of ether oxygens (including phenoxy) is 4. The van der Waals surface area contributed by atoms with E-state index in [4.69, 9.17) is 41.9 Å². The third kappa shape index (κ3) is 5.20. The van der Waals surface area contributed by atoms with E-state index < -0.39 is 66.8 Å². The molecule has 31 heavy (non-hydrogen) atoms. The van der Waals surface area contributed by atoms with Crippen LogP contribution in [0.15, 0.2) is 11.8 Å². The lowest BCUT2D eigenvalue weighted by Gasteiger charge is -2.48. The van der Waals surface area contributed by atoms with Crippen LogP contribution in [0.5, 0.6) is 0 Å². The molecule has 12 N–H and O–H groups in total. The first kappa shape index (κ1) is 24.7. The molecule has 0 unspecified atom stereocenters. The molecule has 1 saturated heterocycles. The smallest absolute Gasteiger partial charge is 0.215 e. The van der Waals surface area contributed by atoms with E-state index in [9.17, 15) is 15.3 Å². The molecule has 2 fully saturated rings. The number of nitrogens with one attached hydrogen (secondary N) is 1. The number of rotatable bonds is 6. The standard InChI is InChI=1S/C19H37N5O7/c1-19(27)7-28-18(13(26)16(19)24-2)31-15-11(23)5-10(22)14(12(15)25)30-17-9(21)4-3-8(6-20)29-17/h3,9-18,24-27H,4-7,20-23H2,1-2H3/t9-,10+,11-,12-,13-,14-,15+,16-,17-,18-,19+/m1/s1. The van der Waals surface area contributed by atoms with Gasteiger partial charge in [-0.05, 0) is 32.9 Å². The van der Waals surface area contributed by atoms with E-state index in [1.54, 1.807) is 20.0 Å². The van der Waals surface area contributed by atoms with Crippen molar-refractivity contribution in [2.45, 2.75) is 86.5 Å². The van der Waals surface area contributed by atoms with Crippen LogP contribution in [-0.2, 0) is 18.9 Å². The van der Waals surface area contributed by atoms with Crippen LogP contribution in [0.2, 0.25) is 0 Å². The van der Waals surface area contributed by atoms with Crippen molar-refractivity contribution in [2.75, 3.05) is 20.2 Å². The normalized spacial score (nSPS) is 48.7. The minimum absolute atomic E-state index is 0.0727. The lowest BCUT2D eigenvalue weighted by molar-refractivity contribution is -0.303. The van der Waals surface area contributed by atoms with E-state index in [1.807, 2.05) is 0 Å². The molecule has 0 spiro atoms. The van der Waals surface area contributed by atoms with Crippen LogP contribution in [0.3, 0.4) is 0 Å². The molecular weight excluding hydrogens is 410 g/mol. The van der Waals surface area contributed by atoms with Gasteiger partial charge in [0.05, 0.1) is 25.2 Å². The van der Waals surface area contributed by atoms with Crippen LogP contribution in [0.25, 0.3) is 0 Å². The Hall–Kier alpha value is -0.900. The van der Waals surface area contributed by atoms with Crippen LogP contribution in [0.4, 0.5) is 0 Å². The Balaban J connectivity index is 1.69. The summed E-state index contributed by atoms with van der Waals surface area (Å²) >= 11 is 0. The number of aliphatic hydroxyl groups excluding tert-OH is 2. The monoisotopic (exact) mass is 447 g/mol. The van der Waals surface area contributed by atoms with Crippen LogP contribution < -0.4 is 28.3 Å². The zero-order valence-corrected chi connectivity index (χ0v) is 18.0. The molecule has 2 heterocycles. The van der Waals surface area contributed by atoms with Gasteiger partial charge in [0.2, 0.25) is 6.29 Å². The molecule has 0 aromatic rings. The highest BCUT2D eigenvalue weighted by atomic mass is 16.7. The molecule has 3 rings (SSSR count). The van der Waals surface area contributed by atoms with Gasteiger partial charge in [-0.15, -0.1) is 0 Å². The second-order valence-corrected chi connectivity index (χ2v) is 8.81. The Bertz CT molecular complexity index is 639. The minimum atomic E-state index is -1.29. The van der Waals surface area contributed by atoms with Gasteiger partial charge in [-0.1, -0.05) is 0 Å². The fourth-order valence-corrected chi connectivity index (χ4v) is 4.44. The zero-order valence-electron chi connectivity index (χ0n) is 18.0. The van der Waals surface area contributed by atoms with E-state index in [-0.39, 0.29) is 13.2 Å². The van der Waals surface area contributed by atoms with Gasteiger partial charge in [0.25, 0.3) is 0 Å². The Labute approximate surface area is 181 Å². The van der Waals surface area contributed by atoms with Gasteiger partial charge in [-0.2, -0.15) is 0 Å². The fraction of sp³-hybridized carbons (Fsp3) is 0.895. The summed E-state index contributed by atoms with van der Waals surface area (Å²) in [6, 6.07) is -2.37. The summed E-state index contributed by atoms with van der Waals surface area (Å²) in [4.78, 5) is 0. The van der Waals surface area contributed by atoms with Crippen LogP contribution in [0, 0.1) is 0 Å². The molecule has 3 aliphatic rings. The van der Waals surface area contributed by atoms with Crippen molar-refractivity contribution in [2.24, 2.45) is 22.9 Å².